The molecule has 1 atom stereocenters. The molecular weight excluding hydrogens is 394 g/mol. The van der Waals surface area contributed by atoms with E-state index in [1.54, 1.807) is 17.0 Å². The van der Waals surface area contributed by atoms with E-state index in [-0.39, 0.29) is 35.1 Å². The lowest BCUT2D eigenvalue weighted by molar-refractivity contribution is 0.0914. The Bertz CT molecular complexity index is 804. The van der Waals surface area contributed by atoms with Gasteiger partial charge in [-0.25, -0.2) is 0 Å². The van der Waals surface area contributed by atoms with Crippen LogP contribution in [0.5, 0.6) is 0 Å². The first-order chi connectivity index (χ1) is 14.9. The number of nitrogens with zero attached hydrogens (tertiary/aromatic N) is 1. The first kappa shape index (κ1) is 23.5. The lowest BCUT2D eigenvalue weighted by atomic mass is 9.96. The summed E-state index contributed by atoms with van der Waals surface area (Å²) in [6, 6.07) is 0.0808. The Kier molecular flexibility index (Phi) is 8.69. The van der Waals surface area contributed by atoms with Crippen LogP contribution < -0.4 is 16.1 Å². The van der Waals surface area contributed by atoms with Crippen molar-refractivity contribution in [3.8, 4) is 0 Å². The molecule has 2 aliphatic rings. The van der Waals surface area contributed by atoms with Crippen molar-refractivity contribution in [3.05, 3.63) is 33.7 Å². The highest BCUT2D eigenvalue weighted by molar-refractivity contribution is 5.99. The summed E-state index contributed by atoms with van der Waals surface area (Å²) in [5.41, 5.74) is -0.450. The number of hydrogen-bond donors (Lipinski definition) is 2. The van der Waals surface area contributed by atoms with Crippen molar-refractivity contribution in [2.75, 3.05) is 13.2 Å². The molecule has 1 saturated heterocycles. The summed E-state index contributed by atoms with van der Waals surface area (Å²) in [6.07, 6.45) is 12.8. The second-order valence-electron chi connectivity index (χ2n) is 9.37. The summed E-state index contributed by atoms with van der Waals surface area (Å²) in [4.78, 5) is 38.9. The number of nitrogens with one attached hydrogen (secondary N) is 2. The predicted octanol–water partition coefficient (Wildman–Crippen LogP) is 3.26. The Labute approximate surface area is 184 Å². The largest absolute Gasteiger partial charge is 0.376 e. The molecule has 1 aliphatic carbocycles. The Hall–Kier alpha value is -2.15. The van der Waals surface area contributed by atoms with Gasteiger partial charge >= 0.3 is 0 Å². The second-order valence-corrected chi connectivity index (χ2v) is 9.37. The number of carbonyl (C=O) groups is 2. The Morgan fingerprint density at radius 3 is 2.26 bits per heavy atom. The maximum absolute atomic E-state index is 13.1. The third kappa shape index (κ3) is 6.92. The summed E-state index contributed by atoms with van der Waals surface area (Å²) in [5, 5.41) is 5.87. The first-order valence-corrected chi connectivity index (χ1v) is 11.9. The van der Waals surface area contributed by atoms with Crippen molar-refractivity contribution in [1.82, 2.24) is 15.2 Å². The summed E-state index contributed by atoms with van der Waals surface area (Å²) in [5.74, 6) is -0.542. The maximum atomic E-state index is 13.1. The molecule has 1 unspecified atom stereocenters. The first-order valence-electron chi connectivity index (χ1n) is 11.9. The molecule has 1 aromatic rings. The normalized spacial score (nSPS) is 20.3. The van der Waals surface area contributed by atoms with Crippen molar-refractivity contribution < 1.29 is 14.3 Å². The Morgan fingerprint density at radius 2 is 1.65 bits per heavy atom. The minimum atomic E-state index is -0.506. The van der Waals surface area contributed by atoms with Gasteiger partial charge in [0.1, 0.15) is 11.1 Å². The van der Waals surface area contributed by atoms with E-state index in [2.05, 4.69) is 10.6 Å². The molecule has 0 radical (unpaired) electrons. The van der Waals surface area contributed by atoms with Crippen LogP contribution in [0.25, 0.3) is 0 Å². The van der Waals surface area contributed by atoms with Crippen LogP contribution in [-0.2, 0) is 11.3 Å². The number of ether oxygens (including phenoxy) is 1. The van der Waals surface area contributed by atoms with E-state index in [4.69, 9.17) is 4.74 Å². The highest BCUT2D eigenvalue weighted by Crippen LogP contribution is 2.18. The topological polar surface area (TPSA) is 89.4 Å². The van der Waals surface area contributed by atoms with Crippen LogP contribution in [-0.4, -0.2) is 41.7 Å². The molecule has 1 saturated carbocycles. The van der Waals surface area contributed by atoms with E-state index >= 15 is 0 Å². The van der Waals surface area contributed by atoms with Gasteiger partial charge in [-0.2, -0.15) is 0 Å². The zero-order valence-electron chi connectivity index (χ0n) is 19.0. The number of carbonyl (C=O) groups excluding carboxylic acids is 2. The Balaban J connectivity index is 1.83. The lowest BCUT2D eigenvalue weighted by Crippen LogP contribution is -2.40. The molecule has 7 heteroatoms. The van der Waals surface area contributed by atoms with E-state index < -0.39 is 11.3 Å². The number of aromatic nitrogens is 1. The number of pyridine rings is 1. The van der Waals surface area contributed by atoms with Gasteiger partial charge in [-0.3, -0.25) is 14.4 Å². The van der Waals surface area contributed by atoms with Crippen LogP contribution in [0.4, 0.5) is 0 Å². The number of amides is 2. The highest BCUT2D eigenvalue weighted by Gasteiger charge is 2.23. The predicted molar refractivity (Wildman–Crippen MR) is 120 cm³/mol. The van der Waals surface area contributed by atoms with Gasteiger partial charge in [0.2, 0.25) is 5.43 Å². The molecule has 7 nitrogen and oxygen atoms in total. The summed E-state index contributed by atoms with van der Waals surface area (Å²) in [6.45, 7) is 5.71. The number of hydrogen-bond acceptors (Lipinski definition) is 4. The van der Waals surface area contributed by atoms with Gasteiger partial charge in [-0.05, 0) is 31.6 Å². The SMILES string of the molecule is CC(C)CNC(=O)c1cn(CC2CCCO2)cc(C(=O)NC2CCCCCCC2)c1=O. The van der Waals surface area contributed by atoms with Crippen LogP contribution in [0, 0.1) is 5.92 Å². The molecule has 172 valence electrons. The van der Waals surface area contributed by atoms with E-state index in [0.717, 1.165) is 45.1 Å². The average molecular weight is 432 g/mol. The quantitative estimate of drug-likeness (QED) is 0.693. The summed E-state index contributed by atoms with van der Waals surface area (Å²) < 4.78 is 7.49. The monoisotopic (exact) mass is 431 g/mol. The van der Waals surface area contributed by atoms with E-state index in [0.29, 0.717) is 13.1 Å². The molecule has 1 aliphatic heterocycles. The van der Waals surface area contributed by atoms with Crippen molar-refractivity contribution in [2.45, 2.75) is 90.3 Å². The van der Waals surface area contributed by atoms with Crippen LogP contribution in [0.15, 0.2) is 17.2 Å². The second kappa shape index (κ2) is 11.5. The van der Waals surface area contributed by atoms with Crippen LogP contribution in [0.2, 0.25) is 0 Å². The molecule has 0 spiro atoms. The van der Waals surface area contributed by atoms with Crippen LogP contribution >= 0.6 is 0 Å². The zero-order valence-corrected chi connectivity index (χ0v) is 19.0. The third-order valence-corrected chi connectivity index (χ3v) is 6.12. The van der Waals surface area contributed by atoms with Gasteiger partial charge in [0.25, 0.3) is 11.8 Å². The van der Waals surface area contributed by atoms with Gasteiger partial charge in [0.05, 0.1) is 6.10 Å². The van der Waals surface area contributed by atoms with Gasteiger partial charge in [0.15, 0.2) is 0 Å². The fourth-order valence-electron chi connectivity index (χ4n) is 4.34. The van der Waals surface area contributed by atoms with Gasteiger partial charge < -0.3 is 19.9 Å². The van der Waals surface area contributed by atoms with Crippen molar-refractivity contribution in [1.29, 1.82) is 0 Å². The highest BCUT2D eigenvalue weighted by atomic mass is 16.5. The summed E-state index contributed by atoms with van der Waals surface area (Å²) in [7, 11) is 0. The zero-order chi connectivity index (χ0) is 22.2. The van der Waals surface area contributed by atoms with E-state index in [1.807, 2.05) is 13.8 Å². The lowest BCUT2D eigenvalue weighted by Gasteiger charge is -2.21. The van der Waals surface area contributed by atoms with Crippen LogP contribution in [0.3, 0.4) is 0 Å². The van der Waals surface area contributed by atoms with Crippen molar-refractivity contribution in [2.24, 2.45) is 5.92 Å². The van der Waals surface area contributed by atoms with E-state index in [1.165, 1.54) is 19.3 Å². The average Bonchev–Trinajstić information content (AvgIpc) is 3.22. The molecule has 2 heterocycles. The standard InChI is InChI=1S/C24H37N3O4/c1-17(2)13-25-23(29)20-15-27(14-19-11-8-12-31-19)16-21(22(20)28)24(30)26-18-9-6-4-3-5-7-10-18/h15-19H,3-14H2,1-2H3,(H,25,29)(H,26,30). The molecule has 2 amide bonds. The smallest absolute Gasteiger partial charge is 0.256 e. The van der Waals surface area contributed by atoms with Gasteiger partial charge in [0, 0.05) is 38.1 Å². The molecule has 0 bridgehead atoms. The van der Waals surface area contributed by atoms with Gasteiger partial charge in [-0.15, -0.1) is 0 Å². The molecular formula is C24H37N3O4. The fourth-order valence-corrected chi connectivity index (χ4v) is 4.34. The van der Waals surface area contributed by atoms with Crippen LogP contribution in [0.1, 0.15) is 92.4 Å². The minimum absolute atomic E-state index is 0.0176. The fraction of sp³-hybridized carbons (Fsp3) is 0.708. The third-order valence-electron chi connectivity index (χ3n) is 6.12. The summed E-state index contributed by atoms with van der Waals surface area (Å²) >= 11 is 0. The Morgan fingerprint density at radius 1 is 1.00 bits per heavy atom. The van der Waals surface area contributed by atoms with E-state index in [9.17, 15) is 14.4 Å². The molecule has 1 aromatic heterocycles. The van der Waals surface area contributed by atoms with Crippen molar-refractivity contribution in [3.63, 3.8) is 0 Å². The number of rotatable bonds is 7. The van der Waals surface area contributed by atoms with Gasteiger partial charge in [-0.1, -0.05) is 46.0 Å². The molecule has 3 rings (SSSR count). The molecule has 2 fully saturated rings. The minimum Gasteiger partial charge on any atom is -0.376 e. The van der Waals surface area contributed by atoms with Crippen molar-refractivity contribution >= 4 is 11.8 Å². The maximum Gasteiger partial charge on any atom is 0.256 e. The molecule has 0 aromatic carbocycles. The molecule has 2 N–H and O–H groups in total. The molecule has 31 heavy (non-hydrogen) atoms.